The highest BCUT2D eigenvalue weighted by atomic mass is 16.5. The van der Waals surface area contributed by atoms with E-state index in [1.165, 1.54) is 39.0 Å². The average Bonchev–Trinajstić information content (AvgIpc) is 2.53. The second-order valence-electron chi connectivity index (χ2n) is 6.77. The van der Waals surface area contributed by atoms with Crippen LogP contribution >= 0.6 is 0 Å². The summed E-state index contributed by atoms with van der Waals surface area (Å²) in [6.45, 7) is 10.0. The summed E-state index contributed by atoms with van der Waals surface area (Å²) in [5, 5.41) is 0. The zero-order valence-electron chi connectivity index (χ0n) is 14.4. The standard InChI is InChI=1S/C17H33N3O2/c1-3-4-5-14-22-17(21)15-19-8-6-16(7-9-19)20-12-10-18(2)11-13-20/h16H,3-15H2,1-2H3. The third kappa shape index (κ3) is 5.86. The summed E-state index contributed by atoms with van der Waals surface area (Å²) < 4.78 is 5.31. The van der Waals surface area contributed by atoms with Crippen LogP contribution < -0.4 is 0 Å². The van der Waals surface area contributed by atoms with E-state index in [9.17, 15) is 4.79 Å². The summed E-state index contributed by atoms with van der Waals surface area (Å²) >= 11 is 0. The molecule has 2 aliphatic rings. The minimum atomic E-state index is -0.0471. The van der Waals surface area contributed by atoms with Gasteiger partial charge in [0, 0.05) is 45.3 Å². The van der Waals surface area contributed by atoms with E-state index in [0.717, 1.165) is 32.4 Å². The molecule has 0 aliphatic carbocycles. The molecule has 0 atom stereocenters. The van der Waals surface area contributed by atoms with Crippen LogP contribution in [0, 0.1) is 0 Å². The van der Waals surface area contributed by atoms with Gasteiger partial charge >= 0.3 is 5.97 Å². The molecule has 0 aromatic heterocycles. The second-order valence-corrected chi connectivity index (χ2v) is 6.77. The van der Waals surface area contributed by atoms with Crippen molar-refractivity contribution in [2.45, 2.75) is 45.1 Å². The Morgan fingerprint density at radius 2 is 1.73 bits per heavy atom. The molecule has 2 heterocycles. The first-order valence-corrected chi connectivity index (χ1v) is 8.99. The molecule has 0 amide bonds. The summed E-state index contributed by atoms with van der Waals surface area (Å²) in [7, 11) is 2.20. The minimum Gasteiger partial charge on any atom is -0.465 e. The van der Waals surface area contributed by atoms with Crippen molar-refractivity contribution in [3.63, 3.8) is 0 Å². The first-order valence-electron chi connectivity index (χ1n) is 8.99. The fraction of sp³-hybridized carbons (Fsp3) is 0.941. The number of ether oxygens (including phenoxy) is 1. The number of rotatable bonds is 7. The number of esters is 1. The van der Waals surface area contributed by atoms with Crippen molar-refractivity contribution in [3.8, 4) is 0 Å². The number of piperidine rings is 1. The van der Waals surface area contributed by atoms with E-state index in [4.69, 9.17) is 4.74 Å². The maximum absolute atomic E-state index is 11.8. The summed E-state index contributed by atoms with van der Waals surface area (Å²) in [6, 6.07) is 0.713. The molecule has 0 spiro atoms. The van der Waals surface area contributed by atoms with Gasteiger partial charge in [-0.1, -0.05) is 19.8 Å². The zero-order chi connectivity index (χ0) is 15.8. The van der Waals surface area contributed by atoms with Crippen LogP contribution in [0.4, 0.5) is 0 Å². The Kier molecular flexibility index (Phi) is 7.63. The Morgan fingerprint density at radius 3 is 2.36 bits per heavy atom. The zero-order valence-corrected chi connectivity index (χ0v) is 14.4. The van der Waals surface area contributed by atoms with Crippen LogP contribution in [0.1, 0.15) is 39.0 Å². The van der Waals surface area contributed by atoms with Crippen LogP contribution in [-0.2, 0) is 9.53 Å². The molecular weight excluding hydrogens is 278 g/mol. The summed E-state index contributed by atoms with van der Waals surface area (Å²) in [4.78, 5) is 19.1. The number of likely N-dealkylation sites (tertiary alicyclic amines) is 1. The van der Waals surface area contributed by atoms with Crippen molar-refractivity contribution >= 4 is 5.97 Å². The van der Waals surface area contributed by atoms with Crippen molar-refractivity contribution in [2.24, 2.45) is 0 Å². The van der Waals surface area contributed by atoms with Gasteiger partial charge in [-0.2, -0.15) is 0 Å². The Morgan fingerprint density at radius 1 is 1.05 bits per heavy atom. The quantitative estimate of drug-likeness (QED) is 0.525. The van der Waals surface area contributed by atoms with Gasteiger partial charge < -0.3 is 9.64 Å². The Hall–Kier alpha value is -0.650. The SMILES string of the molecule is CCCCCOC(=O)CN1CCC(N2CCN(C)CC2)CC1. The molecule has 0 N–H and O–H groups in total. The lowest BCUT2D eigenvalue weighted by Crippen LogP contribution is -2.52. The number of hydrogen-bond acceptors (Lipinski definition) is 5. The smallest absolute Gasteiger partial charge is 0.320 e. The molecular formula is C17H33N3O2. The fourth-order valence-corrected chi connectivity index (χ4v) is 3.40. The molecule has 0 radical (unpaired) electrons. The second kappa shape index (κ2) is 9.48. The van der Waals surface area contributed by atoms with Crippen LogP contribution in [0.5, 0.6) is 0 Å². The van der Waals surface area contributed by atoms with Gasteiger partial charge in [0.15, 0.2) is 0 Å². The van der Waals surface area contributed by atoms with E-state index in [2.05, 4.69) is 28.7 Å². The molecule has 2 fully saturated rings. The van der Waals surface area contributed by atoms with Gasteiger partial charge in [-0.25, -0.2) is 0 Å². The highest BCUT2D eigenvalue weighted by Gasteiger charge is 2.27. The van der Waals surface area contributed by atoms with E-state index in [1.54, 1.807) is 0 Å². The van der Waals surface area contributed by atoms with Crippen LogP contribution in [0.25, 0.3) is 0 Å². The number of piperazine rings is 1. The highest BCUT2D eigenvalue weighted by Crippen LogP contribution is 2.18. The van der Waals surface area contributed by atoms with Crippen LogP contribution in [0.2, 0.25) is 0 Å². The monoisotopic (exact) mass is 311 g/mol. The molecule has 0 unspecified atom stereocenters. The Labute approximate surface area is 135 Å². The van der Waals surface area contributed by atoms with Gasteiger partial charge in [0.1, 0.15) is 0 Å². The summed E-state index contributed by atoms with van der Waals surface area (Å²) in [5.74, 6) is -0.0471. The van der Waals surface area contributed by atoms with E-state index < -0.39 is 0 Å². The molecule has 0 saturated carbocycles. The summed E-state index contributed by atoms with van der Waals surface area (Å²) in [5.41, 5.74) is 0. The maximum atomic E-state index is 11.8. The largest absolute Gasteiger partial charge is 0.465 e. The maximum Gasteiger partial charge on any atom is 0.320 e. The lowest BCUT2D eigenvalue weighted by atomic mass is 10.0. The fourth-order valence-electron chi connectivity index (χ4n) is 3.40. The lowest BCUT2D eigenvalue weighted by molar-refractivity contribution is -0.145. The highest BCUT2D eigenvalue weighted by molar-refractivity contribution is 5.71. The van der Waals surface area contributed by atoms with Gasteiger partial charge in [-0.15, -0.1) is 0 Å². The van der Waals surface area contributed by atoms with Gasteiger partial charge in [-0.3, -0.25) is 14.6 Å². The molecule has 2 rings (SSSR count). The molecule has 2 saturated heterocycles. The van der Waals surface area contributed by atoms with E-state index in [1.807, 2.05) is 0 Å². The number of hydrogen-bond donors (Lipinski definition) is 0. The first-order chi connectivity index (χ1) is 10.7. The van der Waals surface area contributed by atoms with E-state index in [0.29, 0.717) is 19.2 Å². The number of likely N-dealkylation sites (N-methyl/N-ethyl adjacent to an activating group) is 1. The molecule has 0 aromatic carbocycles. The number of unbranched alkanes of at least 4 members (excludes halogenated alkanes) is 2. The predicted molar refractivity (Wildman–Crippen MR) is 89.0 cm³/mol. The Bertz CT molecular complexity index is 322. The normalized spacial score (nSPS) is 22.8. The third-order valence-electron chi connectivity index (χ3n) is 4.98. The van der Waals surface area contributed by atoms with Gasteiger partial charge in [0.2, 0.25) is 0 Å². The van der Waals surface area contributed by atoms with Crippen LogP contribution in [0.3, 0.4) is 0 Å². The molecule has 5 heteroatoms. The van der Waals surface area contributed by atoms with Crippen molar-refractivity contribution in [1.29, 1.82) is 0 Å². The molecule has 0 bridgehead atoms. The molecule has 5 nitrogen and oxygen atoms in total. The lowest BCUT2D eigenvalue weighted by Gasteiger charge is -2.41. The number of carbonyl (C=O) groups is 1. The third-order valence-corrected chi connectivity index (χ3v) is 4.98. The minimum absolute atomic E-state index is 0.0471. The molecule has 0 aromatic rings. The van der Waals surface area contributed by atoms with Crippen LogP contribution in [0.15, 0.2) is 0 Å². The van der Waals surface area contributed by atoms with E-state index >= 15 is 0 Å². The van der Waals surface area contributed by atoms with Crippen molar-refractivity contribution in [2.75, 3.05) is 59.5 Å². The van der Waals surface area contributed by atoms with E-state index in [-0.39, 0.29) is 5.97 Å². The van der Waals surface area contributed by atoms with Crippen molar-refractivity contribution in [1.82, 2.24) is 14.7 Å². The molecule has 22 heavy (non-hydrogen) atoms. The van der Waals surface area contributed by atoms with Crippen molar-refractivity contribution in [3.05, 3.63) is 0 Å². The average molecular weight is 311 g/mol. The predicted octanol–water partition coefficient (Wildman–Crippen LogP) is 1.43. The van der Waals surface area contributed by atoms with Crippen molar-refractivity contribution < 1.29 is 9.53 Å². The molecule has 128 valence electrons. The Balaban J connectivity index is 1.59. The number of carbonyl (C=O) groups excluding carboxylic acids is 1. The first kappa shape index (κ1) is 17.7. The summed E-state index contributed by atoms with van der Waals surface area (Å²) in [6.07, 6.45) is 5.68. The van der Waals surface area contributed by atoms with Gasteiger partial charge in [0.05, 0.1) is 13.2 Å². The van der Waals surface area contributed by atoms with Crippen LogP contribution in [-0.4, -0.2) is 86.2 Å². The molecule has 2 aliphatic heterocycles. The van der Waals surface area contributed by atoms with Gasteiger partial charge in [-0.05, 0) is 26.3 Å². The number of nitrogens with zero attached hydrogens (tertiary/aromatic N) is 3. The van der Waals surface area contributed by atoms with Gasteiger partial charge in [0.25, 0.3) is 0 Å². The topological polar surface area (TPSA) is 36.0 Å².